The van der Waals surface area contributed by atoms with Gasteiger partial charge in [-0.05, 0) is 90.5 Å². The summed E-state index contributed by atoms with van der Waals surface area (Å²) in [6.45, 7) is 14.3. The molecule has 1 aromatic rings. The maximum Gasteiger partial charge on any atom is 0.408 e. The first-order chi connectivity index (χ1) is 16.1. The fraction of sp³-hybridized carbons (Fsp3) is 0.654. The molecule has 9 heteroatoms. The van der Waals surface area contributed by atoms with E-state index in [4.69, 9.17) is 4.74 Å². The highest BCUT2D eigenvalue weighted by Gasteiger charge is 2.37. The fourth-order valence-electron chi connectivity index (χ4n) is 3.58. The molecule has 2 unspecified atom stereocenters. The molecule has 198 valence electrons. The van der Waals surface area contributed by atoms with Crippen molar-refractivity contribution in [1.29, 1.82) is 0 Å². The van der Waals surface area contributed by atoms with E-state index >= 15 is 0 Å². The summed E-state index contributed by atoms with van der Waals surface area (Å²) >= 11 is 1.54. The molecule has 35 heavy (non-hydrogen) atoms. The van der Waals surface area contributed by atoms with Gasteiger partial charge in [0, 0.05) is 12.1 Å². The Morgan fingerprint density at radius 2 is 1.74 bits per heavy atom. The van der Waals surface area contributed by atoms with Crippen molar-refractivity contribution in [2.75, 3.05) is 25.2 Å². The van der Waals surface area contributed by atoms with Gasteiger partial charge in [-0.1, -0.05) is 18.2 Å². The van der Waals surface area contributed by atoms with Crippen LogP contribution in [0.4, 0.5) is 4.79 Å². The molecule has 0 saturated carbocycles. The summed E-state index contributed by atoms with van der Waals surface area (Å²) in [4.78, 5) is 41.4. The van der Waals surface area contributed by atoms with Gasteiger partial charge in [-0.2, -0.15) is 11.8 Å². The quantitative estimate of drug-likeness (QED) is 0.444. The van der Waals surface area contributed by atoms with Gasteiger partial charge >= 0.3 is 6.09 Å². The maximum atomic E-state index is 13.9. The summed E-state index contributed by atoms with van der Waals surface area (Å²) in [7, 11) is 0. The number of alkyl carbamates (subject to hydrolysis) is 1. The van der Waals surface area contributed by atoms with Gasteiger partial charge in [0.1, 0.15) is 17.7 Å². The number of benzene rings is 1. The Balaban J connectivity index is 3.51. The molecule has 0 aliphatic rings. The van der Waals surface area contributed by atoms with Gasteiger partial charge in [0.15, 0.2) is 0 Å². The maximum absolute atomic E-state index is 13.9. The molecule has 0 fully saturated rings. The lowest BCUT2D eigenvalue weighted by Gasteiger charge is -2.36. The van der Waals surface area contributed by atoms with Crippen LogP contribution in [0.5, 0.6) is 0 Å². The molecule has 0 aliphatic carbocycles. The van der Waals surface area contributed by atoms with E-state index in [1.54, 1.807) is 32.5 Å². The third-order valence-electron chi connectivity index (χ3n) is 5.22. The molecular weight excluding hydrogens is 466 g/mol. The predicted molar refractivity (Wildman–Crippen MR) is 142 cm³/mol. The molecular formula is C26H43N3O5S. The van der Waals surface area contributed by atoms with Crippen molar-refractivity contribution < 1.29 is 24.2 Å². The first-order valence-corrected chi connectivity index (χ1v) is 13.3. The lowest BCUT2D eigenvalue weighted by Crippen LogP contribution is -2.55. The first-order valence-electron chi connectivity index (χ1n) is 11.9. The summed E-state index contributed by atoms with van der Waals surface area (Å²) in [5.74, 6) is -0.190. The molecule has 0 aliphatic heterocycles. The number of rotatable bonds is 10. The number of aryl methyl sites for hydroxylation is 1. The van der Waals surface area contributed by atoms with Gasteiger partial charge in [0.05, 0.1) is 6.61 Å². The molecule has 2 atom stereocenters. The normalized spacial score (nSPS) is 13.5. The summed E-state index contributed by atoms with van der Waals surface area (Å²) in [6, 6.07) is 3.72. The Labute approximate surface area is 214 Å². The van der Waals surface area contributed by atoms with Crippen molar-refractivity contribution in [1.82, 2.24) is 15.5 Å². The molecule has 0 spiro atoms. The monoisotopic (exact) mass is 509 g/mol. The van der Waals surface area contributed by atoms with E-state index in [1.807, 2.05) is 59.1 Å². The fourth-order valence-corrected chi connectivity index (χ4v) is 4.05. The van der Waals surface area contributed by atoms with Crippen LogP contribution in [-0.4, -0.2) is 70.3 Å². The second-order valence-electron chi connectivity index (χ2n) is 10.7. The van der Waals surface area contributed by atoms with E-state index < -0.39 is 35.2 Å². The second kappa shape index (κ2) is 13.2. The van der Waals surface area contributed by atoms with E-state index in [2.05, 4.69) is 10.6 Å². The van der Waals surface area contributed by atoms with Crippen LogP contribution in [0, 0.1) is 13.8 Å². The number of carbonyl (C=O) groups excluding carboxylic acids is 3. The molecule has 0 aromatic heterocycles. The number of ether oxygens (including phenoxy) is 1. The van der Waals surface area contributed by atoms with Gasteiger partial charge in [-0.3, -0.25) is 9.59 Å². The minimum absolute atomic E-state index is 0.0692. The molecule has 3 amide bonds. The van der Waals surface area contributed by atoms with Crippen molar-refractivity contribution in [3.8, 4) is 0 Å². The highest BCUT2D eigenvalue weighted by Crippen LogP contribution is 2.28. The van der Waals surface area contributed by atoms with Gasteiger partial charge in [0.25, 0.3) is 0 Å². The van der Waals surface area contributed by atoms with Crippen LogP contribution < -0.4 is 10.6 Å². The van der Waals surface area contributed by atoms with Crippen molar-refractivity contribution in [2.45, 2.75) is 85.0 Å². The molecule has 1 rings (SSSR count). The Morgan fingerprint density at radius 3 is 2.26 bits per heavy atom. The molecule has 0 radical (unpaired) electrons. The number of aliphatic hydroxyl groups is 1. The summed E-state index contributed by atoms with van der Waals surface area (Å²) in [6.07, 6.45) is 1.56. The van der Waals surface area contributed by atoms with Crippen LogP contribution >= 0.6 is 11.8 Å². The summed E-state index contributed by atoms with van der Waals surface area (Å²) < 4.78 is 5.38. The zero-order chi connectivity index (χ0) is 27.0. The van der Waals surface area contributed by atoms with Crippen molar-refractivity contribution in [3.63, 3.8) is 0 Å². The number of aliphatic hydroxyl groups excluding tert-OH is 1. The highest BCUT2D eigenvalue weighted by atomic mass is 32.2. The summed E-state index contributed by atoms with van der Waals surface area (Å²) in [5.41, 5.74) is 1.29. The Kier molecular flexibility index (Phi) is 11.6. The number of hydrogen-bond acceptors (Lipinski definition) is 6. The van der Waals surface area contributed by atoms with Crippen LogP contribution in [-0.2, 0) is 14.3 Å². The third kappa shape index (κ3) is 10.1. The lowest BCUT2D eigenvalue weighted by molar-refractivity contribution is -0.143. The number of nitrogens with one attached hydrogen (secondary N) is 2. The average Bonchev–Trinajstić information content (AvgIpc) is 2.70. The number of hydrogen-bond donors (Lipinski definition) is 3. The number of carbonyl (C=O) groups is 3. The van der Waals surface area contributed by atoms with E-state index in [1.165, 1.54) is 4.90 Å². The average molecular weight is 510 g/mol. The molecule has 1 aromatic carbocycles. The van der Waals surface area contributed by atoms with Gasteiger partial charge < -0.3 is 25.4 Å². The molecule has 0 bridgehead atoms. The minimum Gasteiger partial charge on any atom is -0.444 e. The predicted octanol–water partition coefficient (Wildman–Crippen LogP) is 3.73. The van der Waals surface area contributed by atoms with Crippen LogP contribution in [0.3, 0.4) is 0 Å². The largest absolute Gasteiger partial charge is 0.444 e. The van der Waals surface area contributed by atoms with Crippen LogP contribution in [0.2, 0.25) is 0 Å². The van der Waals surface area contributed by atoms with Crippen LogP contribution in [0.1, 0.15) is 70.7 Å². The van der Waals surface area contributed by atoms with Gasteiger partial charge in [-0.15, -0.1) is 0 Å². The van der Waals surface area contributed by atoms with Crippen molar-refractivity contribution in [2.24, 2.45) is 0 Å². The Bertz CT molecular complexity index is 877. The van der Waals surface area contributed by atoms with E-state index in [-0.39, 0.29) is 19.1 Å². The summed E-state index contributed by atoms with van der Waals surface area (Å²) in [5, 5.41) is 15.5. The van der Waals surface area contributed by atoms with E-state index in [9.17, 15) is 19.5 Å². The zero-order valence-corrected chi connectivity index (χ0v) is 23.5. The third-order valence-corrected chi connectivity index (χ3v) is 5.87. The zero-order valence-electron chi connectivity index (χ0n) is 22.7. The molecule has 0 saturated heterocycles. The van der Waals surface area contributed by atoms with Crippen molar-refractivity contribution in [3.05, 3.63) is 34.9 Å². The van der Waals surface area contributed by atoms with Crippen LogP contribution in [0.15, 0.2) is 18.2 Å². The Hall–Kier alpha value is -2.26. The number of amides is 3. The number of nitrogens with zero attached hydrogens (tertiary/aromatic N) is 1. The smallest absolute Gasteiger partial charge is 0.408 e. The standard InChI is InChI=1S/C26H43N3O5S/c1-17-11-10-12-19(18(17)2)21(22(31)28-25(3,4)5)29(14-15-30)23(32)20(13-16-35-9)27-24(33)34-26(6,7)8/h10-12,20-21,30H,13-16H2,1-9H3,(H,27,33)(H,28,31). The highest BCUT2D eigenvalue weighted by molar-refractivity contribution is 7.98. The lowest BCUT2D eigenvalue weighted by atomic mass is 9.94. The second-order valence-corrected chi connectivity index (χ2v) is 11.7. The van der Waals surface area contributed by atoms with Gasteiger partial charge in [-0.25, -0.2) is 4.79 Å². The van der Waals surface area contributed by atoms with Crippen molar-refractivity contribution >= 4 is 29.7 Å². The topological polar surface area (TPSA) is 108 Å². The molecule has 3 N–H and O–H groups in total. The number of thioether (sulfide) groups is 1. The van der Waals surface area contributed by atoms with Gasteiger partial charge in [0.2, 0.25) is 11.8 Å². The first kappa shape index (κ1) is 30.8. The van der Waals surface area contributed by atoms with Crippen LogP contribution in [0.25, 0.3) is 0 Å². The minimum atomic E-state index is -0.981. The Morgan fingerprint density at radius 1 is 1.11 bits per heavy atom. The SMILES string of the molecule is CSCCC(NC(=O)OC(C)(C)C)C(=O)N(CCO)C(C(=O)NC(C)(C)C)c1cccc(C)c1C. The molecule has 8 nitrogen and oxygen atoms in total. The van der Waals surface area contributed by atoms with E-state index in [0.717, 1.165) is 11.1 Å². The molecule has 0 heterocycles. The van der Waals surface area contributed by atoms with E-state index in [0.29, 0.717) is 17.7 Å².